The van der Waals surface area contributed by atoms with Gasteiger partial charge in [-0.2, -0.15) is 0 Å². The van der Waals surface area contributed by atoms with Crippen molar-refractivity contribution in [2.45, 2.75) is 39.7 Å². The molecule has 0 aliphatic rings. The monoisotopic (exact) mass is 293 g/mol. The highest BCUT2D eigenvalue weighted by Gasteiger charge is 2.21. The minimum atomic E-state index is 0.0724. The molecule has 1 amide bonds. The molecule has 0 saturated heterocycles. The molecule has 2 N–H and O–H groups in total. The van der Waals surface area contributed by atoms with E-state index >= 15 is 0 Å². The van der Waals surface area contributed by atoms with E-state index in [1.807, 2.05) is 30.9 Å². The molecule has 0 aliphatic heterocycles. The maximum atomic E-state index is 12.5. The number of carbonyl (C=O) groups is 1. The fraction of sp³-hybridized carbons (Fsp3) is 0.533. The van der Waals surface area contributed by atoms with E-state index in [1.54, 1.807) is 12.4 Å². The number of rotatable bonds is 8. The van der Waals surface area contributed by atoms with Crippen LogP contribution >= 0.6 is 12.2 Å². The summed E-state index contributed by atoms with van der Waals surface area (Å²) in [7, 11) is 0. The Balaban J connectivity index is 2.78. The number of hydrogen-bond acceptors (Lipinski definition) is 3. The minimum absolute atomic E-state index is 0.0724. The number of nitrogens with zero attached hydrogens (tertiary/aromatic N) is 2. The van der Waals surface area contributed by atoms with Crippen LogP contribution in [-0.4, -0.2) is 27.3 Å². The van der Waals surface area contributed by atoms with Crippen molar-refractivity contribution in [1.82, 2.24) is 9.88 Å². The molecule has 0 aliphatic carbocycles. The molecule has 0 saturated carbocycles. The largest absolute Gasteiger partial charge is 0.393 e. The van der Waals surface area contributed by atoms with Gasteiger partial charge in [0.05, 0.1) is 4.99 Å². The van der Waals surface area contributed by atoms with Crippen molar-refractivity contribution in [3.05, 3.63) is 30.1 Å². The van der Waals surface area contributed by atoms with Gasteiger partial charge >= 0.3 is 0 Å². The van der Waals surface area contributed by atoms with Crippen LogP contribution in [0.15, 0.2) is 24.5 Å². The minimum Gasteiger partial charge on any atom is -0.393 e. The quantitative estimate of drug-likeness (QED) is 0.748. The summed E-state index contributed by atoms with van der Waals surface area (Å²) in [6.45, 7) is 5.25. The van der Waals surface area contributed by atoms with E-state index in [4.69, 9.17) is 18.0 Å². The lowest BCUT2D eigenvalue weighted by atomic mass is 10.0. The first-order valence-corrected chi connectivity index (χ1v) is 7.45. The van der Waals surface area contributed by atoms with Gasteiger partial charge in [-0.05, 0) is 30.5 Å². The summed E-state index contributed by atoms with van der Waals surface area (Å²) in [5.41, 5.74) is 6.63. The van der Waals surface area contributed by atoms with Crippen LogP contribution in [-0.2, 0) is 11.3 Å². The molecular formula is C15H23N3OS. The summed E-state index contributed by atoms with van der Waals surface area (Å²) in [5.74, 6) is 0.256. The summed E-state index contributed by atoms with van der Waals surface area (Å²) >= 11 is 4.92. The van der Waals surface area contributed by atoms with Gasteiger partial charge in [-0.15, -0.1) is 0 Å². The van der Waals surface area contributed by atoms with Gasteiger partial charge in [-0.1, -0.05) is 26.1 Å². The van der Waals surface area contributed by atoms with E-state index in [-0.39, 0.29) is 11.8 Å². The van der Waals surface area contributed by atoms with Crippen molar-refractivity contribution in [2.24, 2.45) is 11.7 Å². The second-order valence-corrected chi connectivity index (χ2v) is 5.37. The summed E-state index contributed by atoms with van der Waals surface area (Å²) < 4.78 is 0. The van der Waals surface area contributed by atoms with Gasteiger partial charge in [0.15, 0.2) is 0 Å². The smallest absolute Gasteiger partial charge is 0.225 e. The fourth-order valence-electron chi connectivity index (χ4n) is 2.12. The molecule has 0 aromatic carbocycles. The molecule has 0 radical (unpaired) electrons. The first-order chi connectivity index (χ1) is 9.58. The number of carbonyl (C=O) groups excluding carboxylic acids is 1. The lowest BCUT2D eigenvalue weighted by Gasteiger charge is -2.26. The molecule has 110 valence electrons. The fourth-order valence-corrected chi connectivity index (χ4v) is 2.21. The summed E-state index contributed by atoms with van der Waals surface area (Å²) in [6.07, 6.45) is 5.75. The molecule has 0 atom stereocenters. The lowest BCUT2D eigenvalue weighted by Crippen LogP contribution is -2.37. The van der Waals surface area contributed by atoms with Crippen LogP contribution in [0.4, 0.5) is 0 Å². The second kappa shape index (κ2) is 8.64. The van der Waals surface area contributed by atoms with Crippen LogP contribution in [0.3, 0.4) is 0 Å². The molecule has 5 heteroatoms. The van der Waals surface area contributed by atoms with Crippen molar-refractivity contribution in [1.29, 1.82) is 0 Å². The topological polar surface area (TPSA) is 59.2 Å². The van der Waals surface area contributed by atoms with Crippen LogP contribution in [0.5, 0.6) is 0 Å². The Morgan fingerprint density at radius 3 is 2.45 bits per heavy atom. The summed E-state index contributed by atoms with van der Waals surface area (Å²) in [6, 6.07) is 3.85. The molecule has 1 rings (SSSR count). The molecule has 1 aromatic heterocycles. The maximum absolute atomic E-state index is 12.5. The Bertz CT molecular complexity index is 432. The average molecular weight is 293 g/mol. The zero-order valence-corrected chi connectivity index (χ0v) is 13.0. The van der Waals surface area contributed by atoms with Gasteiger partial charge in [0.2, 0.25) is 5.91 Å². The molecule has 1 heterocycles. The predicted octanol–water partition coefficient (Wildman–Crippen LogP) is 2.52. The molecule has 20 heavy (non-hydrogen) atoms. The zero-order chi connectivity index (χ0) is 15.0. The first-order valence-electron chi connectivity index (χ1n) is 7.04. The lowest BCUT2D eigenvalue weighted by molar-refractivity contribution is -0.136. The molecular weight excluding hydrogens is 270 g/mol. The molecule has 0 fully saturated rings. The normalized spacial score (nSPS) is 10.6. The number of pyridine rings is 1. The molecule has 1 aromatic rings. The van der Waals surface area contributed by atoms with E-state index < -0.39 is 0 Å². The van der Waals surface area contributed by atoms with Gasteiger partial charge < -0.3 is 10.6 Å². The maximum Gasteiger partial charge on any atom is 0.225 e. The number of amides is 1. The van der Waals surface area contributed by atoms with Gasteiger partial charge in [-0.3, -0.25) is 9.78 Å². The highest BCUT2D eigenvalue weighted by atomic mass is 32.1. The van der Waals surface area contributed by atoms with E-state index in [1.165, 1.54) is 0 Å². The third-order valence-electron chi connectivity index (χ3n) is 3.40. The summed E-state index contributed by atoms with van der Waals surface area (Å²) in [4.78, 5) is 18.8. The standard InChI is InChI=1S/C15H23N3OS/c1-3-13(4-2)15(19)18(10-7-14(16)20)11-12-5-8-17-9-6-12/h5-6,8-9,13H,3-4,7,10-11H2,1-2H3,(H2,16,20). The Morgan fingerprint density at radius 1 is 1.35 bits per heavy atom. The van der Waals surface area contributed by atoms with Gasteiger partial charge in [0, 0.05) is 37.8 Å². The number of nitrogens with two attached hydrogens (primary N) is 1. The van der Waals surface area contributed by atoms with E-state index in [2.05, 4.69) is 4.98 Å². The van der Waals surface area contributed by atoms with Crippen molar-refractivity contribution in [2.75, 3.05) is 6.54 Å². The van der Waals surface area contributed by atoms with Crippen LogP contribution in [0, 0.1) is 5.92 Å². The SMILES string of the molecule is CCC(CC)C(=O)N(CCC(N)=S)Cc1ccncc1. The Labute approximate surface area is 126 Å². The molecule has 0 spiro atoms. The Morgan fingerprint density at radius 2 is 1.95 bits per heavy atom. The number of hydrogen-bond donors (Lipinski definition) is 1. The number of aromatic nitrogens is 1. The third kappa shape index (κ3) is 5.25. The van der Waals surface area contributed by atoms with Crippen LogP contribution in [0.25, 0.3) is 0 Å². The van der Waals surface area contributed by atoms with Crippen molar-refractivity contribution in [3.63, 3.8) is 0 Å². The zero-order valence-electron chi connectivity index (χ0n) is 12.2. The van der Waals surface area contributed by atoms with Gasteiger partial charge in [0.25, 0.3) is 0 Å². The molecule has 0 bridgehead atoms. The van der Waals surface area contributed by atoms with E-state index in [0.717, 1.165) is 18.4 Å². The first kappa shape index (κ1) is 16.6. The molecule has 0 unspecified atom stereocenters. The average Bonchev–Trinajstić information content (AvgIpc) is 2.45. The Kier molecular flexibility index (Phi) is 7.15. The highest BCUT2D eigenvalue weighted by molar-refractivity contribution is 7.80. The van der Waals surface area contributed by atoms with Crippen molar-refractivity contribution in [3.8, 4) is 0 Å². The number of thiocarbonyl (C=S) groups is 1. The second-order valence-electron chi connectivity index (χ2n) is 4.84. The van der Waals surface area contributed by atoms with E-state index in [9.17, 15) is 4.79 Å². The van der Waals surface area contributed by atoms with Crippen molar-refractivity contribution >= 4 is 23.1 Å². The van der Waals surface area contributed by atoms with Crippen LogP contribution < -0.4 is 5.73 Å². The van der Waals surface area contributed by atoms with Crippen molar-refractivity contribution < 1.29 is 4.79 Å². The third-order valence-corrected chi connectivity index (χ3v) is 3.60. The predicted molar refractivity (Wildman–Crippen MR) is 85.1 cm³/mol. The Hall–Kier alpha value is -1.49. The van der Waals surface area contributed by atoms with Crippen LogP contribution in [0.1, 0.15) is 38.7 Å². The van der Waals surface area contributed by atoms with Crippen LogP contribution in [0.2, 0.25) is 0 Å². The van der Waals surface area contributed by atoms with Gasteiger partial charge in [-0.25, -0.2) is 0 Å². The highest BCUT2D eigenvalue weighted by Crippen LogP contribution is 2.15. The van der Waals surface area contributed by atoms with Gasteiger partial charge in [0.1, 0.15) is 0 Å². The van der Waals surface area contributed by atoms with E-state index in [0.29, 0.717) is 24.5 Å². The molecule has 4 nitrogen and oxygen atoms in total. The summed E-state index contributed by atoms with van der Waals surface area (Å²) in [5, 5.41) is 0.